The molecule has 0 amide bonds. The zero-order valence-corrected chi connectivity index (χ0v) is 5.72. The minimum Gasteiger partial charge on any atom is -0.370 e. The van der Waals surface area contributed by atoms with Gasteiger partial charge in [-0.25, -0.2) is 0 Å². The summed E-state index contributed by atoms with van der Waals surface area (Å²) in [6.07, 6.45) is 6.24. The van der Waals surface area contributed by atoms with Gasteiger partial charge in [0.15, 0.2) is 0 Å². The van der Waals surface area contributed by atoms with Gasteiger partial charge >= 0.3 is 0 Å². The third-order valence-corrected chi connectivity index (χ3v) is 1.30. The predicted molar refractivity (Wildman–Crippen MR) is 39.5 cm³/mol. The number of hydrogen-bond donors (Lipinski definition) is 1. The molecule has 0 aromatic rings. The molecule has 2 heteroatoms. The summed E-state index contributed by atoms with van der Waals surface area (Å²) in [5.74, 6) is 0. The molecule has 0 spiro atoms. The van der Waals surface area contributed by atoms with E-state index >= 15 is 0 Å². The standard InChI is InChI=1S/C7H12N2/c1-2-3-7-4-5-8-6-9-7/h4-5,9H,2-3,6H2,1H3. The van der Waals surface area contributed by atoms with Crippen LogP contribution in [-0.4, -0.2) is 12.9 Å². The van der Waals surface area contributed by atoms with E-state index in [9.17, 15) is 0 Å². The van der Waals surface area contributed by atoms with Crippen molar-refractivity contribution in [3.8, 4) is 0 Å². The first-order valence-corrected chi connectivity index (χ1v) is 3.36. The molecule has 0 saturated heterocycles. The Labute approximate surface area is 55.7 Å². The Hall–Kier alpha value is -0.790. The molecule has 1 aliphatic heterocycles. The highest BCUT2D eigenvalue weighted by atomic mass is 15.0. The lowest BCUT2D eigenvalue weighted by molar-refractivity contribution is 0.743. The molecule has 0 bridgehead atoms. The number of aliphatic imine (C=N–C) groups is 1. The third-order valence-electron chi connectivity index (χ3n) is 1.30. The van der Waals surface area contributed by atoms with Crippen LogP contribution in [0.1, 0.15) is 19.8 Å². The van der Waals surface area contributed by atoms with E-state index in [1.54, 1.807) is 0 Å². The fraction of sp³-hybridized carbons (Fsp3) is 0.571. The molecular weight excluding hydrogens is 112 g/mol. The molecule has 0 aromatic carbocycles. The van der Waals surface area contributed by atoms with Crippen LogP contribution in [0.25, 0.3) is 0 Å². The SMILES string of the molecule is CCCC1=CC=NCN1. The van der Waals surface area contributed by atoms with Gasteiger partial charge in [-0.1, -0.05) is 13.3 Å². The Bertz CT molecular complexity index is 136. The number of allylic oxidation sites excluding steroid dienone is 2. The largest absolute Gasteiger partial charge is 0.370 e. The maximum Gasteiger partial charge on any atom is 0.107 e. The zero-order valence-electron chi connectivity index (χ0n) is 5.72. The van der Waals surface area contributed by atoms with E-state index in [1.165, 1.54) is 12.1 Å². The van der Waals surface area contributed by atoms with E-state index in [2.05, 4.69) is 17.2 Å². The lowest BCUT2D eigenvalue weighted by atomic mass is 10.2. The van der Waals surface area contributed by atoms with Gasteiger partial charge in [0.25, 0.3) is 0 Å². The molecule has 1 aliphatic rings. The molecule has 50 valence electrons. The molecule has 0 saturated carbocycles. The van der Waals surface area contributed by atoms with Gasteiger partial charge in [-0.15, -0.1) is 0 Å². The van der Waals surface area contributed by atoms with Crippen LogP contribution >= 0.6 is 0 Å². The molecule has 0 fully saturated rings. The summed E-state index contributed by atoms with van der Waals surface area (Å²) >= 11 is 0. The van der Waals surface area contributed by atoms with Crippen LogP contribution < -0.4 is 5.32 Å². The van der Waals surface area contributed by atoms with Crippen molar-refractivity contribution in [1.82, 2.24) is 5.32 Å². The number of nitrogens with zero attached hydrogens (tertiary/aromatic N) is 1. The quantitative estimate of drug-likeness (QED) is 0.589. The van der Waals surface area contributed by atoms with Crippen molar-refractivity contribution in [2.75, 3.05) is 6.67 Å². The second-order valence-corrected chi connectivity index (χ2v) is 2.11. The molecule has 0 aliphatic carbocycles. The van der Waals surface area contributed by atoms with Crippen molar-refractivity contribution in [1.29, 1.82) is 0 Å². The van der Waals surface area contributed by atoms with E-state index in [0.717, 1.165) is 13.1 Å². The fourth-order valence-corrected chi connectivity index (χ4v) is 0.843. The second kappa shape index (κ2) is 3.28. The first-order valence-electron chi connectivity index (χ1n) is 3.36. The summed E-state index contributed by atoms with van der Waals surface area (Å²) in [7, 11) is 0. The van der Waals surface area contributed by atoms with Gasteiger partial charge in [0, 0.05) is 11.9 Å². The molecule has 1 N–H and O–H groups in total. The van der Waals surface area contributed by atoms with E-state index in [4.69, 9.17) is 0 Å². The highest BCUT2D eigenvalue weighted by Gasteiger charge is 1.94. The molecule has 1 rings (SSSR count). The molecule has 0 radical (unpaired) electrons. The Balaban J connectivity index is 2.38. The second-order valence-electron chi connectivity index (χ2n) is 2.11. The van der Waals surface area contributed by atoms with Gasteiger partial charge in [-0.05, 0) is 12.5 Å². The fourth-order valence-electron chi connectivity index (χ4n) is 0.843. The van der Waals surface area contributed by atoms with Crippen LogP contribution in [0.3, 0.4) is 0 Å². The first-order chi connectivity index (χ1) is 4.43. The summed E-state index contributed by atoms with van der Waals surface area (Å²) in [5.41, 5.74) is 1.31. The van der Waals surface area contributed by atoms with Crippen LogP contribution in [0.4, 0.5) is 0 Å². The lowest BCUT2D eigenvalue weighted by Crippen LogP contribution is -2.16. The van der Waals surface area contributed by atoms with Gasteiger partial charge in [0.2, 0.25) is 0 Å². The number of hydrogen-bond acceptors (Lipinski definition) is 2. The van der Waals surface area contributed by atoms with Crippen LogP contribution in [0.2, 0.25) is 0 Å². The smallest absolute Gasteiger partial charge is 0.107 e. The van der Waals surface area contributed by atoms with Crippen LogP contribution in [0, 0.1) is 0 Å². The average Bonchev–Trinajstić information content (AvgIpc) is 1.91. The molecule has 2 nitrogen and oxygen atoms in total. The molecule has 9 heavy (non-hydrogen) atoms. The van der Waals surface area contributed by atoms with Crippen LogP contribution in [-0.2, 0) is 0 Å². The lowest BCUT2D eigenvalue weighted by Gasteiger charge is -2.09. The van der Waals surface area contributed by atoms with E-state index in [1.807, 2.05) is 12.3 Å². The first kappa shape index (κ1) is 6.33. The van der Waals surface area contributed by atoms with E-state index < -0.39 is 0 Å². The number of nitrogens with one attached hydrogen (secondary N) is 1. The van der Waals surface area contributed by atoms with Crippen molar-refractivity contribution in [2.45, 2.75) is 19.8 Å². The molecule has 0 aromatic heterocycles. The third kappa shape index (κ3) is 1.88. The summed E-state index contributed by atoms with van der Waals surface area (Å²) in [6, 6.07) is 0. The monoisotopic (exact) mass is 124 g/mol. The van der Waals surface area contributed by atoms with Crippen LogP contribution in [0.5, 0.6) is 0 Å². The Kier molecular flexibility index (Phi) is 2.31. The Morgan fingerprint density at radius 2 is 2.67 bits per heavy atom. The van der Waals surface area contributed by atoms with Crippen LogP contribution in [0.15, 0.2) is 16.8 Å². The Morgan fingerprint density at radius 1 is 1.78 bits per heavy atom. The summed E-state index contributed by atoms with van der Waals surface area (Å²) in [6.45, 7) is 2.93. The summed E-state index contributed by atoms with van der Waals surface area (Å²) < 4.78 is 0. The molecule has 0 unspecified atom stereocenters. The van der Waals surface area contributed by atoms with E-state index in [0.29, 0.717) is 0 Å². The zero-order chi connectivity index (χ0) is 6.53. The molecule has 0 atom stereocenters. The number of rotatable bonds is 2. The summed E-state index contributed by atoms with van der Waals surface area (Å²) in [5, 5.41) is 3.18. The molecular formula is C7H12N2. The van der Waals surface area contributed by atoms with Crippen molar-refractivity contribution < 1.29 is 0 Å². The van der Waals surface area contributed by atoms with Crippen molar-refractivity contribution in [2.24, 2.45) is 4.99 Å². The van der Waals surface area contributed by atoms with Gasteiger partial charge in [-0.2, -0.15) is 0 Å². The van der Waals surface area contributed by atoms with Gasteiger partial charge in [0.1, 0.15) is 6.67 Å². The predicted octanol–water partition coefficient (Wildman–Crippen LogP) is 1.30. The maximum atomic E-state index is 4.00. The van der Waals surface area contributed by atoms with Gasteiger partial charge in [-0.3, -0.25) is 4.99 Å². The molecule has 1 heterocycles. The summed E-state index contributed by atoms with van der Waals surface area (Å²) in [4.78, 5) is 4.00. The van der Waals surface area contributed by atoms with Crippen molar-refractivity contribution >= 4 is 6.21 Å². The highest BCUT2D eigenvalue weighted by Crippen LogP contribution is 2.00. The maximum absolute atomic E-state index is 4.00. The Morgan fingerprint density at radius 3 is 3.22 bits per heavy atom. The van der Waals surface area contributed by atoms with Crippen molar-refractivity contribution in [3.05, 3.63) is 11.8 Å². The minimum absolute atomic E-state index is 0.756. The van der Waals surface area contributed by atoms with Crippen molar-refractivity contribution in [3.63, 3.8) is 0 Å². The topological polar surface area (TPSA) is 24.4 Å². The normalized spacial score (nSPS) is 16.8. The minimum atomic E-state index is 0.756. The van der Waals surface area contributed by atoms with E-state index in [-0.39, 0.29) is 0 Å². The average molecular weight is 124 g/mol. The highest BCUT2D eigenvalue weighted by molar-refractivity contribution is 5.72. The van der Waals surface area contributed by atoms with Gasteiger partial charge < -0.3 is 5.32 Å². The van der Waals surface area contributed by atoms with Gasteiger partial charge in [0.05, 0.1) is 0 Å².